The average Bonchev–Trinajstić information content (AvgIpc) is 2.22. The Balaban J connectivity index is 4.15. The molecule has 0 N–H and O–H groups in total. The summed E-state index contributed by atoms with van der Waals surface area (Å²) in [5.74, 6) is -0.888. The van der Waals surface area contributed by atoms with E-state index in [0.29, 0.717) is 12.0 Å². The highest BCUT2D eigenvalue weighted by atomic mass is 16.5. The molecule has 0 aliphatic heterocycles. The lowest BCUT2D eigenvalue weighted by Gasteiger charge is -2.06. The number of ether oxygens (including phenoxy) is 2. The number of hydrogen-bond acceptors (Lipinski definition) is 4. The first kappa shape index (κ1) is 12.7. The summed E-state index contributed by atoms with van der Waals surface area (Å²) in [5, 5.41) is 0. The Morgan fingerprint density at radius 3 is 2.29 bits per heavy atom. The van der Waals surface area contributed by atoms with Crippen LogP contribution >= 0.6 is 0 Å². The van der Waals surface area contributed by atoms with Crippen LogP contribution in [0.2, 0.25) is 0 Å². The smallest absolute Gasteiger partial charge is 0.333 e. The highest BCUT2D eigenvalue weighted by Gasteiger charge is 2.12. The van der Waals surface area contributed by atoms with E-state index in [1.54, 1.807) is 19.9 Å². The molecule has 0 heterocycles. The van der Waals surface area contributed by atoms with Gasteiger partial charge in [0.1, 0.15) is 0 Å². The molecule has 0 fully saturated rings. The van der Waals surface area contributed by atoms with Crippen molar-refractivity contribution in [3.05, 3.63) is 11.6 Å². The zero-order valence-electron chi connectivity index (χ0n) is 8.99. The Kier molecular flexibility index (Phi) is 5.60. The number of carbonyl (C=O) groups excluding carboxylic acids is 2. The molecule has 0 saturated heterocycles. The molecule has 80 valence electrons. The highest BCUT2D eigenvalue weighted by Crippen LogP contribution is 2.08. The van der Waals surface area contributed by atoms with E-state index in [0.717, 1.165) is 0 Å². The summed E-state index contributed by atoms with van der Waals surface area (Å²) in [7, 11) is 2.67. The Morgan fingerprint density at radius 1 is 1.29 bits per heavy atom. The molecule has 0 rings (SSSR count). The first-order chi connectivity index (χ1) is 6.52. The summed E-state index contributed by atoms with van der Waals surface area (Å²) >= 11 is 0. The fraction of sp³-hybridized carbons (Fsp3) is 0.600. The van der Waals surface area contributed by atoms with Gasteiger partial charge in [-0.15, -0.1) is 0 Å². The molecule has 0 aromatic carbocycles. The monoisotopic (exact) mass is 200 g/mol. The molecular weight excluding hydrogens is 184 g/mol. The van der Waals surface area contributed by atoms with E-state index in [1.807, 2.05) is 0 Å². The van der Waals surface area contributed by atoms with Gasteiger partial charge in [0.15, 0.2) is 0 Å². The van der Waals surface area contributed by atoms with Crippen molar-refractivity contribution >= 4 is 11.9 Å². The largest absolute Gasteiger partial charge is 0.469 e. The Bertz CT molecular complexity index is 243. The molecular formula is C10H16O4. The van der Waals surface area contributed by atoms with Gasteiger partial charge in [-0.1, -0.05) is 13.0 Å². The lowest BCUT2D eigenvalue weighted by Crippen LogP contribution is -2.12. The van der Waals surface area contributed by atoms with Gasteiger partial charge in [0.25, 0.3) is 0 Å². The minimum Gasteiger partial charge on any atom is -0.469 e. The maximum absolute atomic E-state index is 11.0. The van der Waals surface area contributed by atoms with Crippen molar-refractivity contribution in [1.82, 2.24) is 0 Å². The summed E-state index contributed by atoms with van der Waals surface area (Å²) in [5.41, 5.74) is 0.503. The molecule has 0 spiro atoms. The lowest BCUT2D eigenvalue weighted by atomic mass is 10.1. The van der Waals surface area contributed by atoms with E-state index in [4.69, 9.17) is 0 Å². The third-order valence-electron chi connectivity index (χ3n) is 1.89. The van der Waals surface area contributed by atoms with Crippen molar-refractivity contribution in [2.75, 3.05) is 14.2 Å². The number of methoxy groups -OCH3 is 2. The second kappa shape index (κ2) is 6.18. The second-order valence-electron chi connectivity index (χ2n) is 3.04. The molecule has 0 aliphatic rings. The topological polar surface area (TPSA) is 52.6 Å². The van der Waals surface area contributed by atoms with Crippen LogP contribution in [0.1, 0.15) is 20.3 Å². The molecule has 4 nitrogen and oxygen atoms in total. The van der Waals surface area contributed by atoms with Crippen molar-refractivity contribution in [2.24, 2.45) is 5.92 Å². The van der Waals surface area contributed by atoms with Gasteiger partial charge in [-0.3, -0.25) is 4.79 Å². The van der Waals surface area contributed by atoms with Crippen LogP contribution in [0.25, 0.3) is 0 Å². The molecule has 1 atom stereocenters. The highest BCUT2D eigenvalue weighted by molar-refractivity contribution is 5.87. The zero-order chi connectivity index (χ0) is 11.1. The predicted octanol–water partition coefficient (Wildman–Crippen LogP) is 1.30. The Morgan fingerprint density at radius 2 is 1.86 bits per heavy atom. The molecule has 0 saturated carbocycles. The fourth-order valence-corrected chi connectivity index (χ4v) is 0.895. The summed E-state index contributed by atoms with van der Waals surface area (Å²) in [6.07, 6.45) is 2.15. The van der Waals surface area contributed by atoms with Crippen LogP contribution in [0.5, 0.6) is 0 Å². The van der Waals surface area contributed by atoms with Crippen molar-refractivity contribution in [2.45, 2.75) is 20.3 Å². The molecule has 4 heteroatoms. The van der Waals surface area contributed by atoms with E-state index in [9.17, 15) is 9.59 Å². The zero-order valence-corrected chi connectivity index (χ0v) is 8.99. The second-order valence-corrected chi connectivity index (χ2v) is 3.04. The number of hydrogen-bond donors (Lipinski definition) is 0. The first-order valence-electron chi connectivity index (χ1n) is 4.35. The van der Waals surface area contributed by atoms with Gasteiger partial charge in [0.2, 0.25) is 0 Å². The van der Waals surface area contributed by atoms with E-state index in [-0.39, 0.29) is 17.9 Å². The molecule has 0 aliphatic carbocycles. The minimum absolute atomic E-state index is 0.236. The molecule has 0 radical (unpaired) electrons. The summed E-state index contributed by atoms with van der Waals surface area (Å²) in [4.78, 5) is 22.0. The third kappa shape index (κ3) is 4.07. The Labute approximate surface area is 83.9 Å². The van der Waals surface area contributed by atoms with Crippen molar-refractivity contribution in [1.29, 1.82) is 0 Å². The maximum Gasteiger partial charge on any atom is 0.333 e. The van der Waals surface area contributed by atoms with E-state index < -0.39 is 0 Å². The maximum atomic E-state index is 11.0. The van der Waals surface area contributed by atoms with Crippen molar-refractivity contribution in [3.8, 4) is 0 Å². The number of esters is 2. The van der Waals surface area contributed by atoms with Gasteiger partial charge in [0, 0.05) is 5.57 Å². The van der Waals surface area contributed by atoms with Crippen LogP contribution in [0.4, 0.5) is 0 Å². The molecule has 0 aromatic rings. The van der Waals surface area contributed by atoms with Gasteiger partial charge in [-0.05, 0) is 13.3 Å². The SMILES string of the molecule is COC(=O)/C(C)=C/C[C@H](C)C(=O)OC. The van der Waals surface area contributed by atoms with Crippen LogP contribution in [-0.2, 0) is 19.1 Å². The van der Waals surface area contributed by atoms with Gasteiger partial charge < -0.3 is 9.47 Å². The van der Waals surface area contributed by atoms with Gasteiger partial charge in [-0.25, -0.2) is 4.79 Å². The van der Waals surface area contributed by atoms with Crippen molar-refractivity contribution < 1.29 is 19.1 Å². The van der Waals surface area contributed by atoms with Crippen LogP contribution in [0.3, 0.4) is 0 Å². The fourth-order valence-electron chi connectivity index (χ4n) is 0.895. The molecule has 14 heavy (non-hydrogen) atoms. The third-order valence-corrected chi connectivity index (χ3v) is 1.89. The van der Waals surface area contributed by atoms with Crippen LogP contribution in [-0.4, -0.2) is 26.2 Å². The van der Waals surface area contributed by atoms with Gasteiger partial charge in [0.05, 0.1) is 20.1 Å². The van der Waals surface area contributed by atoms with E-state index >= 15 is 0 Å². The van der Waals surface area contributed by atoms with E-state index in [1.165, 1.54) is 14.2 Å². The Hall–Kier alpha value is -1.32. The van der Waals surface area contributed by atoms with Gasteiger partial charge in [-0.2, -0.15) is 0 Å². The predicted molar refractivity (Wildman–Crippen MR) is 51.6 cm³/mol. The molecule has 0 bridgehead atoms. The molecule has 0 aromatic heterocycles. The summed E-state index contributed by atoms with van der Waals surface area (Å²) < 4.78 is 9.05. The minimum atomic E-state index is -0.373. The van der Waals surface area contributed by atoms with Crippen LogP contribution in [0.15, 0.2) is 11.6 Å². The average molecular weight is 200 g/mol. The quantitative estimate of drug-likeness (QED) is 0.507. The number of rotatable bonds is 4. The normalized spacial score (nSPS) is 13.3. The standard InChI is InChI=1S/C10H16O4/c1-7(9(11)13-3)5-6-8(2)10(12)14-4/h5,8H,6H2,1-4H3/b7-5+/t8-/m0/s1. The first-order valence-corrected chi connectivity index (χ1v) is 4.35. The number of carbonyl (C=O) groups is 2. The summed E-state index contributed by atoms with van der Waals surface area (Å²) in [6.45, 7) is 3.39. The van der Waals surface area contributed by atoms with Gasteiger partial charge >= 0.3 is 11.9 Å². The number of allylic oxidation sites excluding steroid dienone is 1. The van der Waals surface area contributed by atoms with Crippen LogP contribution < -0.4 is 0 Å². The molecule has 0 amide bonds. The van der Waals surface area contributed by atoms with E-state index in [2.05, 4.69) is 9.47 Å². The van der Waals surface area contributed by atoms with Crippen LogP contribution in [0, 0.1) is 5.92 Å². The molecule has 0 unspecified atom stereocenters. The van der Waals surface area contributed by atoms with Crippen molar-refractivity contribution in [3.63, 3.8) is 0 Å². The lowest BCUT2D eigenvalue weighted by molar-refractivity contribution is -0.144. The summed E-state index contributed by atoms with van der Waals surface area (Å²) in [6, 6.07) is 0.